The van der Waals surface area contributed by atoms with Crippen molar-refractivity contribution in [1.29, 1.82) is 0 Å². The van der Waals surface area contributed by atoms with E-state index in [2.05, 4.69) is 22.2 Å². The van der Waals surface area contributed by atoms with Gasteiger partial charge in [0, 0.05) is 24.2 Å². The van der Waals surface area contributed by atoms with E-state index in [-0.39, 0.29) is 6.42 Å². The molecule has 0 saturated heterocycles. The number of aryl methyl sites for hydroxylation is 2. The maximum Gasteiger partial charge on any atom is 0.389 e. The lowest BCUT2D eigenvalue weighted by Gasteiger charge is -2.15. The average Bonchev–Trinajstić information content (AvgIpc) is 2.67. The van der Waals surface area contributed by atoms with Gasteiger partial charge in [-0.3, -0.25) is 0 Å². The summed E-state index contributed by atoms with van der Waals surface area (Å²) in [6.07, 6.45) is 0.843. The van der Waals surface area contributed by atoms with Crippen LogP contribution in [0, 0.1) is 0 Å². The number of halogens is 3. The second-order valence-electron chi connectivity index (χ2n) is 5.52. The summed E-state index contributed by atoms with van der Waals surface area (Å²) in [4.78, 5) is 8.74. The van der Waals surface area contributed by atoms with Crippen molar-refractivity contribution in [2.24, 2.45) is 0 Å². The number of fused-ring (bicyclic) bond motifs is 1. The van der Waals surface area contributed by atoms with Gasteiger partial charge in [0.05, 0.1) is 6.42 Å². The molecule has 0 radical (unpaired) electrons. The van der Waals surface area contributed by atoms with Crippen LogP contribution in [0.2, 0.25) is 0 Å². The van der Waals surface area contributed by atoms with Crippen LogP contribution in [0.15, 0.2) is 0 Å². The van der Waals surface area contributed by atoms with E-state index in [4.69, 9.17) is 0 Å². The highest BCUT2D eigenvalue weighted by Gasteiger charge is 2.27. The zero-order valence-corrected chi connectivity index (χ0v) is 12.4. The number of hydrogen-bond acceptors (Lipinski definition) is 3. The number of nitrogens with one attached hydrogen (secondary N) is 1. The molecule has 21 heavy (non-hydrogen) atoms. The minimum Gasteiger partial charge on any atom is -0.370 e. The first kappa shape index (κ1) is 16.0. The summed E-state index contributed by atoms with van der Waals surface area (Å²) in [5.74, 6) is 1.06. The Bertz CT molecular complexity index is 472. The van der Waals surface area contributed by atoms with Gasteiger partial charge in [-0.1, -0.05) is 13.3 Å². The van der Waals surface area contributed by atoms with Crippen LogP contribution in [-0.4, -0.2) is 22.7 Å². The standard InChI is InChI=1S/C15H22F3N3/c1-2-10-19-14-11-6-4-3-5-7-12(11)20-13(21-14)8-9-15(16,17)18/h2-10H2,1H3,(H,19,20,21). The maximum absolute atomic E-state index is 12.4. The van der Waals surface area contributed by atoms with Crippen molar-refractivity contribution in [3.8, 4) is 0 Å². The summed E-state index contributed by atoms with van der Waals surface area (Å²) in [5, 5.41) is 3.26. The van der Waals surface area contributed by atoms with Crippen LogP contribution in [0.5, 0.6) is 0 Å². The van der Waals surface area contributed by atoms with E-state index in [0.29, 0.717) is 5.82 Å². The summed E-state index contributed by atoms with van der Waals surface area (Å²) in [5.41, 5.74) is 2.05. The minimum atomic E-state index is -4.16. The molecule has 0 aliphatic heterocycles. The molecular weight excluding hydrogens is 279 g/mol. The molecule has 118 valence electrons. The van der Waals surface area contributed by atoms with Crippen LogP contribution in [-0.2, 0) is 19.3 Å². The van der Waals surface area contributed by atoms with Gasteiger partial charge in [0.15, 0.2) is 0 Å². The molecule has 6 heteroatoms. The van der Waals surface area contributed by atoms with E-state index < -0.39 is 12.6 Å². The lowest BCUT2D eigenvalue weighted by atomic mass is 10.1. The number of aromatic nitrogens is 2. The van der Waals surface area contributed by atoms with Crippen LogP contribution in [0.3, 0.4) is 0 Å². The third-order valence-corrected chi connectivity index (χ3v) is 3.65. The molecule has 0 fully saturated rings. The smallest absolute Gasteiger partial charge is 0.370 e. The number of alkyl halides is 3. The van der Waals surface area contributed by atoms with Crippen LogP contribution in [0.1, 0.15) is 56.1 Å². The van der Waals surface area contributed by atoms with E-state index in [1.807, 2.05) is 0 Å². The summed E-state index contributed by atoms with van der Waals surface area (Å²) in [6.45, 7) is 2.83. The second kappa shape index (κ2) is 7.09. The Morgan fingerprint density at radius 1 is 1.10 bits per heavy atom. The van der Waals surface area contributed by atoms with Gasteiger partial charge in [-0.25, -0.2) is 9.97 Å². The first-order valence-electron chi connectivity index (χ1n) is 7.69. The van der Waals surface area contributed by atoms with Gasteiger partial charge in [0.1, 0.15) is 11.6 Å². The van der Waals surface area contributed by atoms with Gasteiger partial charge < -0.3 is 5.32 Å². The Morgan fingerprint density at radius 3 is 2.57 bits per heavy atom. The van der Waals surface area contributed by atoms with E-state index in [1.165, 1.54) is 0 Å². The molecule has 0 aromatic carbocycles. The monoisotopic (exact) mass is 301 g/mol. The molecule has 1 aliphatic rings. The number of rotatable bonds is 5. The summed E-state index contributed by atoms with van der Waals surface area (Å²) in [7, 11) is 0. The number of anilines is 1. The molecule has 0 atom stereocenters. The van der Waals surface area contributed by atoms with Gasteiger partial charge in [0.2, 0.25) is 0 Å². The first-order chi connectivity index (χ1) is 9.99. The van der Waals surface area contributed by atoms with Crippen molar-refractivity contribution < 1.29 is 13.2 Å². The fourth-order valence-corrected chi connectivity index (χ4v) is 2.58. The molecule has 1 aromatic rings. The number of hydrogen-bond donors (Lipinski definition) is 1. The Balaban J connectivity index is 2.23. The minimum absolute atomic E-state index is 0.141. The van der Waals surface area contributed by atoms with Crippen LogP contribution in [0.25, 0.3) is 0 Å². The van der Waals surface area contributed by atoms with Gasteiger partial charge in [-0.2, -0.15) is 13.2 Å². The van der Waals surface area contributed by atoms with E-state index in [9.17, 15) is 13.2 Å². The molecule has 3 nitrogen and oxygen atoms in total. The first-order valence-corrected chi connectivity index (χ1v) is 7.69. The molecule has 1 heterocycles. The highest BCUT2D eigenvalue weighted by Crippen LogP contribution is 2.27. The summed E-state index contributed by atoms with van der Waals surface area (Å²) < 4.78 is 37.1. The van der Waals surface area contributed by atoms with Crippen LogP contribution >= 0.6 is 0 Å². The predicted octanol–water partition coefficient (Wildman–Crippen LogP) is 4.06. The lowest BCUT2D eigenvalue weighted by molar-refractivity contribution is -0.134. The highest BCUT2D eigenvalue weighted by atomic mass is 19.4. The molecule has 1 aliphatic carbocycles. The third-order valence-electron chi connectivity index (χ3n) is 3.65. The number of nitrogens with zero attached hydrogens (tertiary/aromatic N) is 2. The second-order valence-corrected chi connectivity index (χ2v) is 5.52. The van der Waals surface area contributed by atoms with Crippen molar-refractivity contribution in [3.05, 3.63) is 17.1 Å². The van der Waals surface area contributed by atoms with Crippen molar-refractivity contribution in [2.75, 3.05) is 11.9 Å². The van der Waals surface area contributed by atoms with E-state index >= 15 is 0 Å². The van der Waals surface area contributed by atoms with Gasteiger partial charge >= 0.3 is 6.18 Å². The lowest BCUT2D eigenvalue weighted by Crippen LogP contribution is -2.14. The molecule has 0 saturated carbocycles. The molecule has 0 bridgehead atoms. The SMILES string of the molecule is CCCNc1nc(CCC(F)(F)F)nc2c1CCCCC2. The average molecular weight is 301 g/mol. The van der Waals surface area contributed by atoms with E-state index in [0.717, 1.165) is 62.1 Å². The largest absolute Gasteiger partial charge is 0.389 e. The molecule has 1 N–H and O–H groups in total. The topological polar surface area (TPSA) is 37.8 Å². The van der Waals surface area contributed by atoms with Crippen molar-refractivity contribution in [2.45, 2.75) is 64.5 Å². The Labute approximate surface area is 123 Å². The van der Waals surface area contributed by atoms with Crippen LogP contribution < -0.4 is 5.32 Å². The molecule has 0 spiro atoms. The quantitative estimate of drug-likeness (QED) is 0.833. The highest BCUT2D eigenvalue weighted by molar-refractivity contribution is 5.47. The molecular formula is C15H22F3N3. The van der Waals surface area contributed by atoms with Crippen molar-refractivity contribution in [1.82, 2.24) is 9.97 Å². The molecule has 0 amide bonds. The summed E-state index contributed by atoms with van der Waals surface area (Å²) in [6, 6.07) is 0. The fraction of sp³-hybridized carbons (Fsp3) is 0.733. The van der Waals surface area contributed by atoms with Crippen molar-refractivity contribution in [3.63, 3.8) is 0 Å². The normalized spacial score (nSPS) is 15.4. The maximum atomic E-state index is 12.4. The molecule has 1 aromatic heterocycles. The zero-order valence-electron chi connectivity index (χ0n) is 12.4. The van der Waals surface area contributed by atoms with Crippen molar-refractivity contribution >= 4 is 5.82 Å². The Hall–Kier alpha value is -1.33. The Morgan fingerprint density at radius 2 is 1.86 bits per heavy atom. The molecule has 0 unspecified atom stereocenters. The zero-order chi connectivity index (χ0) is 15.3. The fourth-order valence-electron chi connectivity index (χ4n) is 2.58. The predicted molar refractivity (Wildman–Crippen MR) is 76.4 cm³/mol. The summed E-state index contributed by atoms with van der Waals surface area (Å²) >= 11 is 0. The Kier molecular flexibility index (Phi) is 5.42. The van der Waals surface area contributed by atoms with Gasteiger partial charge in [-0.15, -0.1) is 0 Å². The van der Waals surface area contributed by atoms with Gasteiger partial charge in [0.25, 0.3) is 0 Å². The van der Waals surface area contributed by atoms with Gasteiger partial charge in [-0.05, 0) is 32.1 Å². The van der Waals surface area contributed by atoms with E-state index in [1.54, 1.807) is 0 Å². The van der Waals surface area contributed by atoms with Crippen LogP contribution in [0.4, 0.5) is 19.0 Å². The third kappa shape index (κ3) is 4.86. The molecule has 2 rings (SSSR count).